The second-order valence-corrected chi connectivity index (χ2v) is 4.05. The van der Waals surface area contributed by atoms with Crippen molar-refractivity contribution >= 4 is 5.91 Å². The SMILES string of the molecule is CCc1ccc(OC)c(CC(N)C(=O)NNC)c1. The summed E-state index contributed by atoms with van der Waals surface area (Å²) < 4.78 is 5.28. The van der Waals surface area contributed by atoms with Crippen molar-refractivity contribution in [3.8, 4) is 5.75 Å². The van der Waals surface area contributed by atoms with Crippen LogP contribution in [0.1, 0.15) is 18.1 Å². The van der Waals surface area contributed by atoms with E-state index in [1.165, 1.54) is 5.56 Å². The fourth-order valence-corrected chi connectivity index (χ4v) is 1.76. The number of carbonyl (C=O) groups is 1. The monoisotopic (exact) mass is 251 g/mol. The van der Waals surface area contributed by atoms with Crippen molar-refractivity contribution in [2.75, 3.05) is 14.2 Å². The molecule has 1 aromatic carbocycles. The molecule has 0 saturated carbocycles. The minimum Gasteiger partial charge on any atom is -0.496 e. The molecule has 100 valence electrons. The number of hydrogen-bond acceptors (Lipinski definition) is 4. The Morgan fingerprint density at radius 3 is 2.78 bits per heavy atom. The first-order valence-electron chi connectivity index (χ1n) is 6.00. The highest BCUT2D eigenvalue weighted by Gasteiger charge is 2.16. The third-order valence-electron chi connectivity index (χ3n) is 2.78. The number of carbonyl (C=O) groups excluding carboxylic acids is 1. The number of methoxy groups -OCH3 is 1. The van der Waals surface area contributed by atoms with Gasteiger partial charge in [0.25, 0.3) is 5.91 Å². The van der Waals surface area contributed by atoms with E-state index in [1.807, 2.05) is 18.2 Å². The fraction of sp³-hybridized carbons (Fsp3) is 0.462. The Morgan fingerprint density at radius 2 is 2.22 bits per heavy atom. The van der Waals surface area contributed by atoms with Crippen LogP contribution in [0.5, 0.6) is 5.75 Å². The zero-order chi connectivity index (χ0) is 13.5. The molecule has 1 atom stereocenters. The topological polar surface area (TPSA) is 76.4 Å². The van der Waals surface area contributed by atoms with Crippen molar-refractivity contribution in [1.29, 1.82) is 0 Å². The van der Waals surface area contributed by atoms with Crippen LogP contribution in [0, 0.1) is 0 Å². The highest BCUT2D eigenvalue weighted by molar-refractivity contribution is 5.81. The smallest absolute Gasteiger partial charge is 0.251 e. The van der Waals surface area contributed by atoms with Gasteiger partial charge in [-0.25, -0.2) is 5.43 Å². The Kier molecular flexibility index (Phi) is 5.61. The molecule has 4 N–H and O–H groups in total. The summed E-state index contributed by atoms with van der Waals surface area (Å²) >= 11 is 0. The molecule has 0 spiro atoms. The maximum Gasteiger partial charge on any atom is 0.251 e. The Bertz CT molecular complexity index is 407. The average molecular weight is 251 g/mol. The summed E-state index contributed by atoms with van der Waals surface area (Å²) in [6.07, 6.45) is 1.39. The summed E-state index contributed by atoms with van der Waals surface area (Å²) in [7, 11) is 3.24. The summed E-state index contributed by atoms with van der Waals surface area (Å²) in [4.78, 5) is 11.6. The first-order chi connectivity index (χ1) is 8.62. The molecule has 0 bridgehead atoms. The second-order valence-electron chi connectivity index (χ2n) is 4.05. The van der Waals surface area contributed by atoms with Gasteiger partial charge in [0.1, 0.15) is 5.75 Å². The molecule has 0 fully saturated rings. The quantitative estimate of drug-likeness (QED) is 0.639. The highest BCUT2D eigenvalue weighted by atomic mass is 16.5. The molecule has 0 aliphatic carbocycles. The molecule has 0 aliphatic heterocycles. The molecule has 0 aromatic heterocycles. The van der Waals surface area contributed by atoms with Gasteiger partial charge in [-0.1, -0.05) is 19.1 Å². The van der Waals surface area contributed by atoms with Gasteiger partial charge in [0.05, 0.1) is 13.2 Å². The van der Waals surface area contributed by atoms with Crippen molar-refractivity contribution < 1.29 is 9.53 Å². The molecule has 0 aliphatic rings. The average Bonchev–Trinajstić information content (AvgIpc) is 2.38. The van der Waals surface area contributed by atoms with Crippen LogP contribution in [0.15, 0.2) is 18.2 Å². The molecule has 0 radical (unpaired) electrons. The van der Waals surface area contributed by atoms with Gasteiger partial charge in [-0.3, -0.25) is 10.2 Å². The van der Waals surface area contributed by atoms with Gasteiger partial charge in [0, 0.05) is 13.5 Å². The van der Waals surface area contributed by atoms with Crippen molar-refractivity contribution in [3.05, 3.63) is 29.3 Å². The third kappa shape index (κ3) is 3.72. The predicted molar refractivity (Wildman–Crippen MR) is 71.3 cm³/mol. The molecule has 1 aromatic rings. The number of ether oxygens (including phenoxy) is 1. The maximum atomic E-state index is 11.6. The van der Waals surface area contributed by atoms with E-state index in [9.17, 15) is 4.79 Å². The first kappa shape index (κ1) is 14.5. The molecular weight excluding hydrogens is 230 g/mol. The third-order valence-corrected chi connectivity index (χ3v) is 2.78. The molecule has 1 amide bonds. The van der Waals surface area contributed by atoms with E-state index in [4.69, 9.17) is 10.5 Å². The first-order valence-corrected chi connectivity index (χ1v) is 6.00. The molecule has 5 heteroatoms. The number of hydrazine groups is 1. The van der Waals surface area contributed by atoms with Gasteiger partial charge in [0.15, 0.2) is 0 Å². The molecule has 0 saturated heterocycles. The van der Waals surface area contributed by atoms with E-state index in [0.29, 0.717) is 6.42 Å². The van der Waals surface area contributed by atoms with Crippen molar-refractivity contribution in [2.45, 2.75) is 25.8 Å². The minimum atomic E-state index is -0.599. The van der Waals surface area contributed by atoms with Gasteiger partial charge in [-0.2, -0.15) is 0 Å². The van der Waals surface area contributed by atoms with Gasteiger partial charge in [-0.05, 0) is 23.6 Å². The van der Waals surface area contributed by atoms with E-state index >= 15 is 0 Å². The number of hydrogen-bond donors (Lipinski definition) is 3. The lowest BCUT2D eigenvalue weighted by atomic mass is 10.0. The lowest BCUT2D eigenvalue weighted by Crippen LogP contribution is -2.46. The number of amides is 1. The van der Waals surface area contributed by atoms with Gasteiger partial charge < -0.3 is 10.5 Å². The molecule has 1 unspecified atom stereocenters. The van der Waals surface area contributed by atoms with Crippen LogP contribution in [0.25, 0.3) is 0 Å². The number of nitrogens with one attached hydrogen (secondary N) is 2. The fourth-order valence-electron chi connectivity index (χ4n) is 1.76. The second kappa shape index (κ2) is 6.98. The Morgan fingerprint density at radius 1 is 1.50 bits per heavy atom. The molecule has 1 rings (SSSR count). The van der Waals surface area contributed by atoms with Crippen molar-refractivity contribution in [2.24, 2.45) is 5.73 Å². The van der Waals surface area contributed by atoms with E-state index in [2.05, 4.69) is 17.8 Å². The van der Waals surface area contributed by atoms with Gasteiger partial charge >= 0.3 is 0 Å². The van der Waals surface area contributed by atoms with Crippen LogP contribution in [-0.2, 0) is 17.6 Å². The largest absolute Gasteiger partial charge is 0.496 e. The zero-order valence-electron chi connectivity index (χ0n) is 11.1. The van der Waals surface area contributed by atoms with E-state index in [-0.39, 0.29) is 5.91 Å². The number of nitrogens with two attached hydrogens (primary N) is 1. The molecule has 18 heavy (non-hydrogen) atoms. The standard InChI is InChI=1S/C13H21N3O2/c1-4-9-5-6-12(18-3)10(7-9)8-11(14)13(17)16-15-2/h5-7,11,15H,4,8,14H2,1-3H3,(H,16,17). The summed E-state index contributed by atoms with van der Waals surface area (Å²) in [6.45, 7) is 2.08. The van der Waals surface area contributed by atoms with E-state index in [0.717, 1.165) is 17.7 Å². The molecular formula is C13H21N3O2. The maximum absolute atomic E-state index is 11.6. The van der Waals surface area contributed by atoms with Crippen LogP contribution in [0.3, 0.4) is 0 Å². The van der Waals surface area contributed by atoms with Crippen molar-refractivity contribution in [1.82, 2.24) is 10.9 Å². The van der Waals surface area contributed by atoms with E-state index in [1.54, 1.807) is 14.2 Å². The lowest BCUT2D eigenvalue weighted by Gasteiger charge is -2.15. The predicted octanol–water partition coefficient (Wildman–Crippen LogP) is 0.378. The zero-order valence-corrected chi connectivity index (χ0v) is 11.1. The van der Waals surface area contributed by atoms with E-state index < -0.39 is 6.04 Å². The van der Waals surface area contributed by atoms with Gasteiger partial charge in [-0.15, -0.1) is 0 Å². The van der Waals surface area contributed by atoms with Gasteiger partial charge in [0.2, 0.25) is 0 Å². The Labute approximate surface area is 108 Å². The normalized spacial score (nSPS) is 12.0. The summed E-state index contributed by atoms with van der Waals surface area (Å²) in [5.74, 6) is 0.529. The van der Waals surface area contributed by atoms with Crippen molar-refractivity contribution in [3.63, 3.8) is 0 Å². The number of benzene rings is 1. The summed E-state index contributed by atoms with van der Waals surface area (Å²) in [5.41, 5.74) is 13.0. The Hall–Kier alpha value is -1.59. The van der Waals surface area contributed by atoms with Crippen LogP contribution in [-0.4, -0.2) is 26.1 Å². The molecule has 5 nitrogen and oxygen atoms in total. The summed E-state index contributed by atoms with van der Waals surface area (Å²) in [5, 5.41) is 0. The van der Waals surface area contributed by atoms with Crippen LogP contribution in [0.2, 0.25) is 0 Å². The van der Waals surface area contributed by atoms with Crippen LogP contribution >= 0.6 is 0 Å². The highest BCUT2D eigenvalue weighted by Crippen LogP contribution is 2.21. The Balaban J connectivity index is 2.84. The van der Waals surface area contributed by atoms with Crippen LogP contribution < -0.4 is 21.3 Å². The van der Waals surface area contributed by atoms with Crippen LogP contribution in [0.4, 0.5) is 0 Å². The summed E-state index contributed by atoms with van der Waals surface area (Å²) in [6, 6.07) is 5.36. The lowest BCUT2D eigenvalue weighted by molar-refractivity contribution is -0.123. The number of rotatable bonds is 6. The molecule has 0 heterocycles. The number of aryl methyl sites for hydroxylation is 1. The minimum absolute atomic E-state index is 0.235.